The first-order valence-electron chi connectivity index (χ1n) is 6.63. The van der Waals surface area contributed by atoms with Crippen LogP contribution in [0.15, 0.2) is 36.4 Å². The van der Waals surface area contributed by atoms with Crippen molar-refractivity contribution in [3.8, 4) is 12.1 Å². The van der Waals surface area contributed by atoms with E-state index in [0.717, 1.165) is 35.6 Å². The molecule has 0 N–H and O–H groups in total. The average molecular weight is 248 g/mol. The summed E-state index contributed by atoms with van der Waals surface area (Å²) in [5.74, 6) is -0.127. The van der Waals surface area contributed by atoms with Crippen LogP contribution in [0.5, 0.6) is 0 Å². The van der Waals surface area contributed by atoms with Gasteiger partial charge in [0.25, 0.3) is 0 Å². The molecular formula is C17H16N2. The highest BCUT2D eigenvalue weighted by Gasteiger charge is 2.15. The Morgan fingerprint density at radius 1 is 1.11 bits per heavy atom. The molecule has 1 unspecified atom stereocenters. The molecule has 0 saturated heterocycles. The summed E-state index contributed by atoms with van der Waals surface area (Å²) in [5.41, 5.74) is 1.65. The molecule has 0 radical (unpaired) electrons. The number of rotatable bonds is 4. The van der Waals surface area contributed by atoms with Crippen LogP contribution in [0.2, 0.25) is 0 Å². The van der Waals surface area contributed by atoms with Gasteiger partial charge >= 0.3 is 0 Å². The fourth-order valence-electron chi connectivity index (χ4n) is 2.45. The van der Waals surface area contributed by atoms with Crippen molar-refractivity contribution in [1.82, 2.24) is 0 Å². The third kappa shape index (κ3) is 2.59. The van der Waals surface area contributed by atoms with E-state index < -0.39 is 0 Å². The van der Waals surface area contributed by atoms with E-state index in [1.807, 2.05) is 36.4 Å². The molecule has 0 aromatic heterocycles. The maximum Gasteiger partial charge on any atom is 0.0998 e. The van der Waals surface area contributed by atoms with Gasteiger partial charge < -0.3 is 0 Å². The lowest BCUT2D eigenvalue weighted by molar-refractivity contribution is 0.674. The molecule has 0 bridgehead atoms. The third-order valence-corrected chi connectivity index (χ3v) is 3.43. The third-order valence-electron chi connectivity index (χ3n) is 3.43. The molecule has 19 heavy (non-hydrogen) atoms. The maximum absolute atomic E-state index is 9.40. The number of nitriles is 2. The van der Waals surface area contributed by atoms with Gasteiger partial charge in [0.2, 0.25) is 0 Å². The molecule has 2 aromatic rings. The van der Waals surface area contributed by atoms with Crippen molar-refractivity contribution >= 4 is 10.8 Å². The van der Waals surface area contributed by atoms with Crippen molar-refractivity contribution < 1.29 is 0 Å². The minimum Gasteiger partial charge on any atom is -0.198 e. The molecular weight excluding hydrogens is 232 g/mol. The molecule has 0 amide bonds. The van der Waals surface area contributed by atoms with Crippen LogP contribution in [-0.2, 0) is 0 Å². The van der Waals surface area contributed by atoms with Crippen molar-refractivity contribution in [3.63, 3.8) is 0 Å². The number of fused-ring (bicyclic) bond motifs is 1. The predicted octanol–water partition coefficient (Wildman–Crippen LogP) is 4.51. The lowest BCUT2D eigenvalue weighted by Gasteiger charge is -2.13. The second-order valence-corrected chi connectivity index (χ2v) is 4.69. The van der Waals surface area contributed by atoms with Crippen LogP contribution in [0.25, 0.3) is 10.8 Å². The first-order chi connectivity index (χ1) is 9.31. The molecule has 0 aliphatic carbocycles. The van der Waals surface area contributed by atoms with Crippen LogP contribution in [0.1, 0.15) is 43.2 Å². The SMILES string of the molecule is CCCCC(C#N)c1cccc2cccc(C#N)c12. The summed E-state index contributed by atoms with van der Waals surface area (Å²) in [5, 5.41) is 20.6. The number of unbranched alkanes of at least 4 members (excludes halogenated alkanes) is 1. The maximum atomic E-state index is 9.40. The predicted molar refractivity (Wildman–Crippen MR) is 76.5 cm³/mol. The zero-order valence-corrected chi connectivity index (χ0v) is 11.1. The van der Waals surface area contributed by atoms with Gasteiger partial charge in [0.1, 0.15) is 0 Å². The molecule has 0 aliphatic heterocycles. The topological polar surface area (TPSA) is 47.6 Å². The summed E-state index contributed by atoms with van der Waals surface area (Å²) in [6, 6.07) is 16.3. The lowest BCUT2D eigenvalue weighted by Crippen LogP contribution is -1.98. The molecule has 0 fully saturated rings. The van der Waals surface area contributed by atoms with Gasteiger partial charge in [0.15, 0.2) is 0 Å². The minimum absolute atomic E-state index is 0.127. The van der Waals surface area contributed by atoms with E-state index in [-0.39, 0.29) is 5.92 Å². The van der Waals surface area contributed by atoms with Crippen LogP contribution < -0.4 is 0 Å². The Kier molecular flexibility index (Phi) is 4.16. The van der Waals surface area contributed by atoms with Crippen LogP contribution in [0, 0.1) is 22.7 Å². The average Bonchev–Trinajstić information content (AvgIpc) is 2.47. The molecule has 1 atom stereocenters. The first-order valence-corrected chi connectivity index (χ1v) is 6.63. The Hall–Kier alpha value is -2.32. The van der Waals surface area contributed by atoms with Gasteiger partial charge in [-0.05, 0) is 23.4 Å². The quantitative estimate of drug-likeness (QED) is 0.799. The highest BCUT2D eigenvalue weighted by Crippen LogP contribution is 2.30. The van der Waals surface area contributed by atoms with Crippen LogP contribution in [-0.4, -0.2) is 0 Å². The van der Waals surface area contributed by atoms with Crippen LogP contribution in [0.4, 0.5) is 0 Å². The zero-order chi connectivity index (χ0) is 13.7. The van der Waals surface area contributed by atoms with Crippen molar-refractivity contribution in [2.45, 2.75) is 32.1 Å². The summed E-state index contributed by atoms with van der Waals surface area (Å²) in [4.78, 5) is 0. The van der Waals surface area contributed by atoms with E-state index in [0.29, 0.717) is 5.56 Å². The molecule has 2 aromatic carbocycles. The zero-order valence-electron chi connectivity index (χ0n) is 11.1. The number of nitrogens with zero attached hydrogens (tertiary/aromatic N) is 2. The molecule has 2 heteroatoms. The first kappa shape index (κ1) is 13.1. The van der Waals surface area contributed by atoms with E-state index in [4.69, 9.17) is 0 Å². The van der Waals surface area contributed by atoms with Gasteiger partial charge in [-0.2, -0.15) is 10.5 Å². The molecule has 2 rings (SSSR count). The molecule has 0 saturated carbocycles. The Bertz CT molecular complexity index is 654. The Balaban J connectivity index is 2.60. The smallest absolute Gasteiger partial charge is 0.0998 e. The van der Waals surface area contributed by atoms with Gasteiger partial charge in [0.05, 0.1) is 23.6 Å². The summed E-state index contributed by atoms with van der Waals surface area (Å²) < 4.78 is 0. The summed E-state index contributed by atoms with van der Waals surface area (Å²) in [6.07, 6.45) is 2.96. The Morgan fingerprint density at radius 3 is 2.47 bits per heavy atom. The van der Waals surface area contributed by atoms with Crippen molar-refractivity contribution in [1.29, 1.82) is 10.5 Å². The van der Waals surface area contributed by atoms with Crippen LogP contribution >= 0.6 is 0 Å². The van der Waals surface area contributed by atoms with Gasteiger partial charge in [0, 0.05) is 5.39 Å². The fraction of sp³-hybridized carbons (Fsp3) is 0.294. The number of benzene rings is 2. The van der Waals surface area contributed by atoms with Gasteiger partial charge in [-0.15, -0.1) is 0 Å². The van der Waals surface area contributed by atoms with Gasteiger partial charge in [-0.1, -0.05) is 50.1 Å². The van der Waals surface area contributed by atoms with E-state index in [1.165, 1.54) is 0 Å². The number of hydrogen-bond acceptors (Lipinski definition) is 2. The van der Waals surface area contributed by atoms with Crippen molar-refractivity contribution in [3.05, 3.63) is 47.5 Å². The summed E-state index contributed by atoms with van der Waals surface area (Å²) in [7, 11) is 0. The molecule has 0 heterocycles. The largest absolute Gasteiger partial charge is 0.198 e. The second kappa shape index (κ2) is 6.03. The van der Waals surface area contributed by atoms with Crippen molar-refractivity contribution in [2.24, 2.45) is 0 Å². The number of hydrogen-bond donors (Lipinski definition) is 0. The summed E-state index contributed by atoms with van der Waals surface area (Å²) in [6.45, 7) is 2.12. The highest BCUT2D eigenvalue weighted by atomic mass is 14.3. The lowest BCUT2D eigenvalue weighted by atomic mass is 9.89. The van der Waals surface area contributed by atoms with E-state index >= 15 is 0 Å². The standard InChI is InChI=1S/C17H16N2/c1-2-3-6-14(11-18)16-10-5-8-13-7-4-9-15(12-19)17(13)16/h4-5,7-10,14H,2-3,6H2,1H3. The van der Waals surface area contributed by atoms with Crippen molar-refractivity contribution in [2.75, 3.05) is 0 Å². The molecule has 0 aliphatic rings. The van der Waals surface area contributed by atoms with Crippen LogP contribution in [0.3, 0.4) is 0 Å². The van der Waals surface area contributed by atoms with E-state index in [1.54, 1.807) is 0 Å². The minimum atomic E-state index is -0.127. The highest BCUT2D eigenvalue weighted by molar-refractivity contribution is 5.91. The van der Waals surface area contributed by atoms with Gasteiger partial charge in [-0.3, -0.25) is 0 Å². The molecule has 0 spiro atoms. The Labute approximate surface area is 113 Å². The van der Waals surface area contributed by atoms with E-state index in [2.05, 4.69) is 19.1 Å². The molecule has 94 valence electrons. The monoisotopic (exact) mass is 248 g/mol. The van der Waals surface area contributed by atoms with E-state index in [9.17, 15) is 10.5 Å². The Morgan fingerprint density at radius 2 is 1.84 bits per heavy atom. The molecule has 2 nitrogen and oxygen atoms in total. The van der Waals surface area contributed by atoms with Gasteiger partial charge in [-0.25, -0.2) is 0 Å². The summed E-state index contributed by atoms with van der Waals surface area (Å²) >= 11 is 0. The second-order valence-electron chi connectivity index (χ2n) is 4.69. The fourth-order valence-corrected chi connectivity index (χ4v) is 2.45. The normalized spacial score (nSPS) is 11.7.